The lowest BCUT2D eigenvalue weighted by Crippen LogP contribution is -1.90. The highest BCUT2D eigenvalue weighted by Gasteiger charge is 2.13. The van der Waals surface area contributed by atoms with Crippen LogP contribution in [0.25, 0.3) is 11.1 Å². The van der Waals surface area contributed by atoms with E-state index in [1.165, 1.54) is 0 Å². The fourth-order valence-electron chi connectivity index (χ4n) is 1.71. The van der Waals surface area contributed by atoms with Crippen molar-refractivity contribution in [3.8, 4) is 11.1 Å². The monoisotopic (exact) mass is 324 g/mol. The van der Waals surface area contributed by atoms with E-state index in [-0.39, 0.29) is 5.82 Å². The summed E-state index contributed by atoms with van der Waals surface area (Å²) in [5.74, 6) is 0.794. The first-order chi connectivity index (χ1) is 8.74. The van der Waals surface area contributed by atoms with Gasteiger partial charge in [-0.3, -0.25) is 0 Å². The lowest BCUT2D eigenvalue weighted by molar-refractivity contribution is 0.604. The zero-order chi connectivity index (χ0) is 13.0. The van der Waals surface area contributed by atoms with Crippen molar-refractivity contribution in [3.63, 3.8) is 0 Å². The Morgan fingerprint density at radius 1 is 1.11 bits per heavy atom. The third kappa shape index (κ3) is 2.96. The Morgan fingerprint density at radius 2 is 1.83 bits per heavy atom. The predicted molar refractivity (Wildman–Crippen MR) is 80.6 cm³/mol. The lowest BCUT2D eigenvalue weighted by Gasteiger charge is -2.10. The van der Waals surface area contributed by atoms with Gasteiger partial charge in [0.2, 0.25) is 0 Å². The molecule has 0 radical (unpaired) electrons. The van der Waals surface area contributed by atoms with Crippen LogP contribution in [0.2, 0.25) is 0 Å². The van der Waals surface area contributed by atoms with E-state index < -0.39 is 0 Å². The molecule has 18 heavy (non-hydrogen) atoms. The molecular formula is C15H14BrFS. The molecule has 0 atom stereocenters. The number of benzene rings is 2. The van der Waals surface area contributed by atoms with E-state index >= 15 is 0 Å². The van der Waals surface area contributed by atoms with Crippen LogP contribution in [0.4, 0.5) is 4.39 Å². The summed E-state index contributed by atoms with van der Waals surface area (Å²) in [6.07, 6.45) is 1.03. The highest BCUT2D eigenvalue weighted by Crippen LogP contribution is 2.36. The normalized spacial score (nSPS) is 10.6. The van der Waals surface area contributed by atoms with E-state index in [9.17, 15) is 4.39 Å². The SMILES string of the molecule is CCCSc1c(Br)ccc(-c2ccccc2)c1F. The number of hydrogen-bond donors (Lipinski definition) is 0. The lowest BCUT2D eigenvalue weighted by atomic mass is 10.1. The third-order valence-corrected chi connectivity index (χ3v) is 4.81. The Bertz CT molecular complexity index is 526. The van der Waals surface area contributed by atoms with Gasteiger partial charge in [0.1, 0.15) is 5.82 Å². The fourth-order valence-corrected chi connectivity index (χ4v) is 3.21. The summed E-state index contributed by atoms with van der Waals surface area (Å²) >= 11 is 4.98. The van der Waals surface area contributed by atoms with Crippen LogP contribution in [0.1, 0.15) is 13.3 Å². The van der Waals surface area contributed by atoms with Crippen LogP contribution in [0, 0.1) is 5.82 Å². The maximum Gasteiger partial charge on any atom is 0.145 e. The minimum absolute atomic E-state index is 0.131. The average Bonchev–Trinajstić information content (AvgIpc) is 2.40. The van der Waals surface area contributed by atoms with E-state index in [1.54, 1.807) is 11.8 Å². The van der Waals surface area contributed by atoms with Crippen molar-refractivity contribution < 1.29 is 4.39 Å². The summed E-state index contributed by atoms with van der Waals surface area (Å²) in [6.45, 7) is 2.10. The van der Waals surface area contributed by atoms with Crippen LogP contribution in [0.5, 0.6) is 0 Å². The Hall–Kier alpha value is -0.800. The minimum Gasteiger partial charge on any atom is -0.205 e. The molecular weight excluding hydrogens is 311 g/mol. The van der Waals surface area contributed by atoms with Crippen LogP contribution in [0.3, 0.4) is 0 Å². The molecule has 0 N–H and O–H groups in total. The molecule has 0 bridgehead atoms. The van der Waals surface area contributed by atoms with Gasteiger partial charge in [0.15, 0.2) is 0 Å². The van der Waals surface area contributed by atoms with Crippen LogP contribution in [0.15, 0.2) is 51.8 Å². The maximum absolute atomic E-state index is 14.5. The van der Waals surface area contributed by atoms with Crippen molar-refractivity contribution in [3.05, 3.63) is 52.8 Å². The zero-order valence-electron chi connectivity index (χ0n) is 10.1. The molecule has 2 aromatic rings. The topological polar surface area (TPSA) is 0 Å². The smallest absolute Gasteiger partial charge is 0.145 e. The first kappa shape index (κ1) is 13.6. The quantitative estimate of drug-likeness (QED) is 0.644. The summed E-state index contributed by atoms with van der Waals surface area (Å²) in [5, 5.41) is 0. The second-order valence-electron chi connectivity index (χ2n) is 3.95. The first-order valence-electron chi connectivity index (χ1n) is 5.90. The van der Waals surface area contributed by atoms with E-state index in [4.69, 9.17) is 0 Å². The first-order valence-corrected chi connectivity index (χ1v) is 7.68. The van der Waals surface area contributed by atoms with Gasteiger partial charge in [0.05, 0.1) is 4.90 Å². The van der Waals surface area contributed by atoms with Crippen molar-refractivity contribution in [2.24, 2.45) is 0 Å². The van der Waals surface area contributed by atoms with Gasteiger partial charge in [-0.15, -0.1) is 11.8 Å². The van der Waals surface area contributed by atoms with Gasteiger partial charge in [-0.1, -0.05) is 43.3 Å². The second-order valence-corrected chi connectivity index (χ2v) is 5.91. The van der Waals surface area contributed by atoms with Gasteiger partial charge in [0, 0.05) is 10.0 Å². The minimum atomic E-state index is -0.131. The summed E-state index contributed by atoms with van der Waals surface area (Å²) in [5.41, 5.74) is 1.58. The predicted octanol–water partition coefficient (Wildman–Crippen LogP) is 5.76. The molecule has 0 unspecified atom stereocenters. The fraction of sp³-hybridized carbons (Fsp3) is 0.200. The Balaban J connectivity index is 2.44. The van der Waals surface area contributed by atoms with Crippen LogP contribution in [-0.4, -0.2) is 5.75 Å². The molecule has 0 aliphatic heterocycles. The van der Waals surface area contributed by atoms with Crippen molar-refractivity contribution >= 4 is 27.7 Å². The second kappa shape index (κ2) is 6.39. The molecule has 2 rings (SSSR count). The molecule has 0 fully saturated rings. The summed E-state index contributed by atoms with van der Waals surface area (Å²) in [4.78, 5) is 0.707. The van der Waals surface area contributed by atoms with Crippen molar-refractivity contribution in [2.75, 3.05) is 5.75 Å². The van der Waals surface area contributed by atoms with Crippen molar-refractivity contribution in [1.29, 1.82) is 0 Å². The molecule has 0 saturated heterocycles. The number of halogens is 2. The molecule has 0 aliphatic rings. The summed E-state index contributed by atoms with van der Waals surface area (Å²) in [7, 11) is 0. The van der Waals surface area contributed by atoms with E-state index in [1.807, 2.05) is 42.5 Å². The molecule has 94 valence electrons. The van der Waals surface area contributed by atoms with E-state index in [0.717, 1.165) is 22.2 Å². The third-order valence-electron chi connectivity index (χ3n) is 2.58. The molecule has 2 aromatic carbocycles. The molecule has 0 amide bonds. The Labute approximate surface area is 120 Å². The zero-order valence-corrected chi connectivity index (χ0v) is 12.5. The van der Waals surface area contributed by atoms with E-state index in [2.05, 4.69) is 22.9 Å². The summed E-state index contributed by atoms with van der Waals surface area (Å²) in [6, 6.07) is 13.4. The van der Waals surface area contributed by atoms with Crippen LogP contribution >= 0.6 is 27.7 Å². The van der Waals surface area contributed by atoms with Crippen molar-refractivity contribution in [1.82, 2.24) is 0 Å². The molecule has 3 heteroatoms. The van der Waals surface area contributed by atoms with E-state index in [0.29, 0.717) is 10.5 Å². The molecule has 0 spiro atoms. The number of hydrogen-bond acceptors (Lipinski definition) is 1. The van der Waals surface area contributed by atoms with Gasteiger partial charge < -0.3 is 0 Å². The molecule has 0 saturated carbocycles. The largest absolute Gasteiger partial charge is 0.205 e. The summed E-state index contributed by atoms with van der Waals surface area (Å²) < 4.78 is 15.3. The van der Waals surface area contributed by atoms with Crippen LogP contribution in [-0.2, 0) is 0 Å². The Kier molecular flexibility index (Phi) is 4.84. The highest BCUT2D eigenvalue weighted by molar-refractivity contribution is 9.10. The number of thioether (sulfide) groups is 1. The van der Waals surface area contributed by atoms with Gasteiger partial charge in [-0.2, -0.15) is 0 Å². The van der Waals surface area contributed by atoms with Gasteiger partial charge in [-0.25, -0.2) is 4.39 Å². The number of rotatable bonds is 4. The Morgan fingerprint density at radius 3 is 2.50 bits per heavy atom. The standard InChI is InChI=1S/C15H14BrFS/c1-2-10-18-15-13(16)9-8-12(14(15)17)11-6-4-3-5-7-11/h3-9H,2,10H2,1H3. The van der Waals surface area contributed by atoms with Gasteiger partial charge >= 0.3 is 0 Å². The molecule has 0 aromatic heterocycles. The van der Waals surface area contributed by atoms with Crippen molar-refractivity contribution in [2.45, 2.75) is 18.2 Å². The molecule has 0 heterocycles. The van der Waals surface area contributed by atoms with Gasteiger partial charge in [-0.05, 0) is 39.7 Å². The van der Waals surface area contributed by atoms with Crippen LogP contribution < -0.4 is 0 Å². The highest BCUT2D eigenvalue weighted by atomic mass is 79.9. The van der Waals surface area contributed by atoms with Gasteiger partial charge in [0.25, 0.3) is 0 Å². The molecule has 0 nitrogen and oxygen atoms in total. The molecule has 0 aliphatic carbocycles. The maximum atomic E-state index is 14.5. The average molecular weight is 325 g/mol.